The molecule has 0 amide bonds. The normalized spacial score (nSPS) is 11.2. The topological polar surface area (TPSA) is 73.5 Å². The maximum absolute atomic E-state index is 12.7. The number of anilines is 1. The van der Waals surface area contributed by atoms with Crippen LogP contribution >= 0.6 is 11.6 Å². The summed E-state index contributed by atoms with van der Waals surface area (Å²) in [6.45, 7) is 2.87. The SMILES string of the molecule is CCn1c(=O)c2ccccc2n2c(CNc3ccc(OC)c(Cl)c3)nnc12. The smallest absolute Gasteiger partial charge is 0.262 e. The van der Waals surface area contributed by atoms with Gasteiger partial charge in [-0.2, -0.15) is 0 Å². The second-order valence-corrected chi connectivity index (χ2v) is 6.43. The quantitative estimate of drug-likeness (QED) is 0.572. The van der Waals surface area contributed by atoms with Crippen LogP contribution in [0.3, 0.4) is 0 Å². The van der Waals surface area contributed by atoms with Crippen LogP contribution in [0.1, 0.15) is 12.7 Å². The molecule has 0 aliphatic heterocycles. The van der Waals surface area contributed by atoms with Crippen molar-refractivity contribution in [3.05, 3.63) is 63.7 Å². The number of aryl methyl sites for hydroxylation is 1. The van der Waals surface area contributed by atoms with E-state index in [4.69, 9.17) is 16.3 Å². The number of halogens is 1. The Bertz CT molecular complexity index is 1200. The lowest BCUT2D eigenvalue weighted by Gasteiger charge is -2.11. The highest BCUT2D eigenvalue weighted by Crippen LogP contribution is 2.27. The molecule has 1 N–H and O–H groups in total. The number of aromatic nitrogens is 4. The molecule has 0 aliphatic carbocycles. The number of fused-ring (bicyclic) bond motifs is 3. The predicted molar refractivity (Wildman–Crippen MR) is 106 cm³/mol. The molecule has 0 fully saturated rings. The van der Waals surface area contributed by atoms with Crippen LogP contribution in [0.4, 0.5) is 5.69 Å². The molecule has 2 aromatic heterocycles. The van der Waals surface area contributed by atoms with Gasteiger partial charge < -0.3 is 10.1 Å². The highest BCUT2D eigenvalue weighted by molar-refractivity contribution is 6.32. The van der Waals surface area contributed by atoms with E-state index in [0.717, 1.165) is 11.2 Å². The van der Waals surface area contributed by atoms with Gasteiger partial charge in [0.1, 0.15) is 5.75 Å². The van der Waals surface area contributed by atoms with Crippen LogP contribution in [0.5, 0.6) is 5.75 Å². The number of hydrogen-bond donors (Lipinski definition) is 1. The van der Waals surface area contributed by atoms with Crippen molar-refractivity contribution in [3.63, 3.8) is 0 Å². The summed E-state index contributed by atoms with van der Waals surface area (Å²) in [5.74, 6) is 1.86. The Labute approximate surface area is 160 Å². The van der Waals surface area contributed by atoms with Gasteiger partial charge in [-0.15, -0.1) is 10.2 Å². The van der Waals surface area contributed by atoms with Crippen LogP contribution < -0.4 is 15.6 Å². The Hall–Kier alpha value is -3.06. The maximum atomic E-state index is 12.7. The second kappa shape index (κ2) is 6.92. The van der Waals surface area contributed by atoms with Crippen molar-refractivity contribution in [1.29, 1.82) is 0 Å². The summed E-state index contributed by atoms with van der Waals surface area (Å²) in [5.41, 5.74) is 1.57. The molecule has 27 heavy (non-hydrogen) atoms. The summed E-state index contributed by atoms with van der Waals surface area (Å²) in [5, 5.41) is 13.0. The minimum atomic E-state index is -0.0607. The molecule has 4 aromatic rings. The highest BCUT2D eigenvalue weighted by atomic mass is 35.5. The van der Waals surface area contributed by atoms with Crippen molar-refractivity contribution in [2.45, 2.75) is 20.0 Å². The fourth-order valence-electron chi connectivity index (χ4n) is 3.17. The molecule has 2 aromatic carbocycles. The molecule has 8 heteroatoms. The van der Waals surface area contributed by atoms with E-state index < -0.39 is 0 Å². The molecule has 0 saturated heterocycles. The molecule has 0 aliphatic rings. The molecule has 0 atom stereocenters. The first-order valence-corrected chi connectivity index (χ1v) is 8.94. The van der Waals surface area contributed by atoms with Crippen LogP contribution in [-0.2, 0) is 13.1 Å². The summed E-state index contributed by atoms with van der Waals surface area (Å²) in [4.78, 5) is 12.7. The van der Waals surface area contributed by atoms with Gasteiger partial charge in [0.05, 0.1) is 29.6 Å². The van der Waals surface area contributed by atoms with Crippen molar-refractivity contribution in [3.8, 4) is 5.75 Å². The largest absolute Gasteiger partial charge is 0.495 e. The number of ether oxygens (including phenoxy) is 1. The van der Waals surface area contributed by atoms with E-state index in [1.54, 1.807) is 23.8 Å². The third kappa shape index (κ3) is 2.90. The zero-order valence-electron chi connectivity index (χ0n) is 14.9. The van der Waals surface area contributed by atoms with Gasteiger partial charge in [-0.25, -0.2) is 0 Å². The first-order valence-electron chi connectivity index (χ1n) is 8.57. The zero-order chi connectivity index (χ0) is 19.0. The predicted octanol–water partition coefficient (Wildman–Crippen LogP) is 3.34. The third-order valence-corrected chi connectivity index (χ3v) is 4.79. The van der Waals surface area contributed by atoms with E-state index in [2.05, 4.69) is 15.5 Å². The van der Waals surface area contributed by atoms with Gasteiger partial charge in [-0.3, -0.25) is 13.8 Å². The van der Waals surface area contributed by atoms with E-state index in [1.165, 1.54) is 0 Å². The lowest BCUT2D eigenvalue weighted by atomic mass is 10.2. The summed E-state index contributed by atoms with van der Waals surface area (Å²) in [7, 11) is 1.58. The average molecular weight is 384 g/mol. The van der Waals surface area contributed by atoms with Gasteiger partial charge >= 0.3 is 0 Å². The molecule has 0 bridgehead atoms. The molecule has 0 unspecified atom stereocenters. The van der Waals surface area contributed by atoms with Crippen molar-refractivity contribution >= 4 is 34.0 Å². The van der Waals surface area contributed by atoms with Crippen molar-refractivity contribution in [2.75, 3.05) is 12.4 Å². The van der Waals surface area contributed by atoms with Crippen LogP contribution in [0.2, 0.25) is 5.02 Å². The van der Waals surface area contributed by atoms with E-state index in [1.807, 2.05) is 41.7 Å². The molecule has 2 heterocycles. The van der Waals surface area contributed by atoms with Gasteiger partial charge in [-0.1, -0.05) is 23.7 Å². The highest BCUT2D eigenvalue weighted by Gasteiger charge is 2.15. The van der Waals surface area contributed by atoms with E-state index >= 15 is 0 Å². The van der Waals surface area contributed by atoms with Gasteiger partial charge in [0.2, 0.25) is 5.78 Å². The summed E-state index contributed by atoms with van der Waals surface area (Å²) in [6.07, 6.45) is 0. The fraction of sp³-hybridized carbons (Fsp3) is 0.211. The van der Waals surface area contributed by atoms with Crippen molar-refractivity contribution in [1.82, 2.24) is 19.2 Å². The monoisotopic (exact) mass is 383 g/mol. The van der Waals surface area contributed by atoms with Crippen LogP contribution in [0.25, 0.3) is 16.7 Å². The Morgan fingerprint density at radius 1 is 1.19 bits per heavy atom. The van der Waals surface area contributed by atoms with Gasteiger partial charge in [0, 0.05) is 12.2 Å². The number of nitrogens with one attached hydrogen (secondary N) is 1. The molecule has 4 rings (SSSR count). The molecule has 0 radical (unpaired) electrons. The number of hydrogen-bond acceptors (Lipinski definition) is 5. The fourth-order valence-corrected chi connectivity index (χ4v) is 3.43. The zero-order valence-corrected chi connectivity index (χ0v) is 15.7. The molecular weight excluding hydrogens is 366 g/mol. The van der Waals surface area contributed by atoms with Crippen molar-refractivity contribution in [2.24, 2.45) is 0 Å². The minimum Gasteiger partial charge on any atom is -0.495 e. The number of rotatable bonds is 5. The van der Waals surface area contributed by atoms with E-state index in [-0.39, 0.29) is 5.56 Å². The number of nitrogens with zero attached hydrogens (tertiary/aromatic N) is 4. The maximum Gasteiger partial charge on any atom is 0.262 e. The van der Waals surface area contributed by atoms with E-state index in [9.17, 15) is 4.79 Å². The minimum absolute atomic E-state index is 0.0607. The standard InChI is InChI=1S/C19H18ClN5O2/c1-3-24-18(26)13-6-4-5-7-15(13)25-17(22-23-19(24)25)11-21-12-8-9-16(27-2)14(20)10-12/h4-10,21H,3,11H2,1-2H3. The second-order valence-electron chi connectivity index (χ2n) is 6.02. The summed E-state index contributed by atoms with van der Waals surface area (Å²) in [6, 6.07) is 13.0. The van der Waals surface area contributed by atoms with E-state index in [0.29, 0.717) is 40.8 Å². The molecule has 7 nitrogen and oxygen atoms in total. The number of para-hydroxylation sites is 1. The summed E-state index contributed by atoms with van der Waals surface area (Å²) < 4.78 is 8.72. The Balaban J connectivity index is 1.78. The first-order chi connectivity index (χ1) is 13.1. The van der Waals surface area contributed by atoms with Crippen LogP contribution in [-0.4, -0.2) is 26.3 Å². The number of benzene rings is 2. The molecular formula is C19H18ClN5O2. The number of methoxy groups -OCH3 is 1. The molecule has 138 valence electrons. The lowest BCUT2D eigenvalue weighted by Crippen LogP contribution is -2.22. The molecule has 0 spiro atoms. The molecule has 0 saturated carbocycles. The Morgan fingerprint density at radius 2 is 2.00 bits per heavy atom. The average Bonchev–Trinajstić information content (AvgIpc) is 3.11. The summed E-state index contributed by atoms with van der Waals surface area (Å²) >= 11 is 6.18. The Kier molecular flexibility index (Phi) is 4.45. The van der Waals surface area contributed by atoms with Gasteiger partial charge in [0.25, 0.3) is 5.56 Å². The van der Waals surface area contributed by atoms with Gasteiger partial charge in [-0.05, 0) is 37.3 Å². The third-order valence-electron chi connectivity index (χ3n) is 4.49. The lowest BCUT2D eigenvalue weighted by molar-refractivity contribution is 0.415. The van der Waals surface area contributed by atoms with Crippen LogP contribution in [0.15, 0.2) is 47.3 Å². The van der Waals surface area contributed by atoms with Gasteiger partial charge in [0.15, 0.2) is 5.82 Å². The first kappa shape index (κ1) is 17.4. The van der Waals surface area contributed by atoms with Crippen molar-refractivity contribution < 1.29 is 4.74 Å². The Morgan fingerprint density at radius 3 is 2.74 bits per heavy atom. The van der Waals surface area contributed by atoms with Crippen LogP contribution in [0, 0.1) is 0 Å².